The number of aryl methyl sites for hydroxylation is 2. The van der Waals surface area contributed by atoms with Gasteiger partial charge in [-0.1, -0.05) is 17.2 Å². The smallest absolute Gasteiger partial charge is 0.303 e. The maximum atomic E-state index is 12.0. The van der Waals surface area contributed by atoms with Crippen LogP contribution in [0.5, 0.6) is 0 Å². The molecule has 0 aliphatic heterocycles. The molecule has 0 heterocycles. The van der Waals surface area contributed by atoms with Crippen molar-refractivity contribution in [3.63, 3.8) is 0 Å². The minimum absolute atomic E-state index is 0.0266. The molecule has 6 nitrogen and oxygen atoms in total. The molecule has 1 atom stereocenters. The average molecular weight is 278 g/mol. The second-order valence-electron chi connectivity index (χ2n) is 4.74. The number of nitrogens with two attached hydrogens (primary N) is 1. The Labute approximate surface area is 117 Å². The lowest BCUT2D eigenvalue weighted by Gasteiger charge is -2.15. The molecule has 0 aliphatic carbocycles. The third-order valence-corrected chi connectivity index (χ3v) is 2.78. The van der Waals surface area contributed by atoms with Gasteiger partial charge in [0.15, 0.2) is 0 Å². The predicted molar refractivity (Wildman–Crippen MR) is 73.2 cm³/mol. The third kappa shape index (κ3) is 4.72. The summed E-state index contributed by atoms with van der Waals surface area (Å²) in [5.74, 6) is -2.23. The zero-order valence-corrected chi connectivity index (χ0v) is 11.5. The van der Waals surface area contributed by atoms with Crippen LogP contribution >= 0.6 is 0 Å². The lowest BCUT2D eigenvalue weighted by Crippen LogP contribution is -2.44. The number of carbonyl (C=O) groups is 3. The van der Waals surface area contributed by atoms with Crippen molar-refractivity contribution in [2.45, 2.75) is 32.7 Å². The molecule has 1 rings (SSSR count). The van der Waals surface area contributed by atoms with Crippen molar-refractivity contribution in [1.82, 2.24) is 5.32 Å². The van der Waals surface area contributed by atoms with E-state index in [-0.39, 0.29) is 12.8 Å². The highest BCUT2D eigenvalue weighted by Gasteiger charge is 2.20. The monoisotopic (exact) mass is 278 g/mol. The van der Waals surface area contributed by atoms with Gasteiger partial charge in [0.1, 0.15) is 6.04 Å². The molecule has 0 aromatic heterocycles. The number of carboxylic acid groups (broad SMARTS) is 1. The van der Waals surface area contributed by atoms with Crippen LogP contribution in [0.1, 0.15) is 34.3 Å². The normalized spacial score (nSPS) is 11.7. The SMILES string of the molecule is Cc1cc(C)cc(C(=O)N[C@H](CCC(=O)O)C(N)=O)c1. The molecule has 0 bridgehead atoms. The Bertz CT molecular complexity index is 520. The summed E-state index contributed by atoms with van der Waals surface area (Å²) in [5, 5.41) is 11.1. The molecular formula is C14H18N2O4. The molecule has 1 aromatic carbocycles. The number of rotatable bonds is 6. The molecule has 0 aliphatic rings. The lowest BCUT2D eigenvalue weighted by molar-refractivity contribution is -0.137. The van der Waals surface area contributed by atoms with Gasteiger partial charge in [-0.3, -0.25) is 14.4 Å². The summed E-state index contributed by atoms with van der Waals surface area (Å²) in [6.07, 6.45) is -0.262. The Morgan fingerprint density at radius 1 is 1.20 bits per heavy atom. The summed E-state index contributed by atoms with van der Waals surface area (Å²) in [7, 11) is 0. The van der Waals surface area contributed by atoms with Crippen LogP contribution in [-0.2, 0) is 9.59 Å². The van der Waals surface area contributed by atoms with Gasteiger partial charge in [-0.25, -0.2) is 0 Å². The van der Waals surface area contributed by atoms with E-state index in [1.165, 1.54) is 0 Å². The van der Waals surface area contributed by atoms with Gasteiger partial charge in [0, 0.05) is 12.0 Å². The van der Waals surface area contributed by atoms with E-state index in [1.54, 1.807) is 12.1 Å². The zero-order valence-electron chi connectivity index (χ0n) is 11.5. The molecule has 2 amide bonds. The Kier molecular flexibility index (Phi) is 5.25. The number of benzene rings is 1. The quantitative estimate of drug-likeness (QED) is 0.713. The third-order valence-electron chi connectivity index (χ3n) is 2.78. The van der Waals surface area contributed by atoms with E-state index < -0.39 is 23.8 Å². The Morgan fingerprint density at radius 2 is 1.75 bits per heavy atom. The number of aliphatic carboxylic acids is 1. The number of primary amides is 1. The van der Waals surface area contributed by atoms with Gasteiger partial charge in [-0.05, 0) is 32.4 Å². The molecule has 0 spiro atoms. The topological polar surface area (TPSA) is 109 Å². The fourth-order valence-corrected chi connectivity index (χ4v) is 1.90. The standard InChI is InChI=1S/C14H18N2O4/c1-8-5-9(2)7-10(6-8)14(20)16-11(13(15)19)3-4-12(17)18/h5-7,11H,3-4H2,1-2H3,(H2,15,19)(H,16,20)(H,17,18)/t11-/m1/s1. The Morgan fingerprint density at radius 3 is 2.20 bits per heavy atom. The van der Waals surface area contributed by atoms with Crippen LogP contribution in [0.2, 0.25) is 0 Å². The molecule has 6 heteroatoms. The molecule has 0 radical (unpaired) electrons. The van der Waals surface area contributed by atoms with Crippen molar-refractivity contribution < 1.29 is 19.5 Å². The molecule has 0 saturated heterocycles. The molecule has 0 unspecified atom stereocenters. The van der Waals surface area contributed by atoms with E-state index >= 15 is 0 Å². The molecule has 108 valence electrons. The van der Waals surface area contributed by atoms with Crippen LogP contribution in [0.4, 0.5) is 0 Å². The average Bonchev–Trinajstić information content (AvgIpc) is 2.32. The number of hydrogen-bond donors (Lipinski definition) is 3. The number of amides is 2. The highest BCUT2D eigenvalue weighted by molar-refractivity contribution is 5.97. The molecule has 4 N–H and O–H groups in total. The fourth-order valence-electron chi connectivity index (χ4n) is 1.90. The van der Waals surface area contributed by atoms with Gasteiger partial charge >= 0.3 is 5.97 Å². The second kappa shape index (κ2) is 6.70. The van der Waals surface area contributed by atoms with E-state index in [0.29, 0.717) is 5.56 Å². The molecule has 20 heavy (non-hydrogen) atoms. The molecule has 0 saturated carbocycles. The number of hydrogen-bond acceptors (Lipinski definition) is 3. The van der Waals surface area contributed by atoms with Crippen molar-refractivity contribution in [1.29, 1.82) is 0 Å². The number of nitrogens with one attached hydrogen (secondary N) is 1. The van der Waals surface area contributed by atoms with Gasteiger partial charge in [0.2, 0.25) is 5.91 Å². The van der Waals surface area contributed by atoms with Gasteiger partial charge in [-0.2, -0.15) is 0 Å². The minimum Gasteiger partial charge on any atom is -0.481 e. The van der Waals surface area contributed by atoms with Crippen LogP contribution in [0.25, 0.3) is 0 Å². The number of carboxylic acids is 1. The predicted octanol–water partition coefficient (Wildman–Crippen LogP) is 0.752. The molecular weight excluding hydrogens is 260 g/mol. The van der Waals surface area contributed by atoms with E-state index in [2.05, 4.69) is 5.32 Å². The highest BCUT2D eigenvalue weighted by Crippen LogP contribution is 2.09. The fraction of sp³-hybridized carbons (Fsp3) is 0.357. The zero-order chi connectivity index (χ0) is 15.3. The van der Waals surface area contributed by atoms with Crippen molar-refractivity contribution in [3.05, 3.63) is 34.9 Å². The van der Waals surface area contributed by atoms with Crippen molar-refractivity contribution >= 4 is 17.8 Å². The summed E-state index contributed by atoms with van der Waals surface area (Å²) in [4.78, 5) is 33.8. The van der Waals surface area contributed by atoms with Crippen LogP contribution in [0, 0.1) is 13.8 Å². The number of carbonyl (C=O) groups excluding carboxylic acids is 2. The van der Waals surface area contributed by atoms with Gasteiger partial charge in [-0.15, -0.1) is 0 Å². The Hall–Kier alpha value is -2.37. The van der Waals surface area contributed by atoms with E-state index in [1.807, 2.05) is 19.9 Å². The maximum absolute atomic E-state index is 12.0. The molecule has 1 aromatic rings. The van der Waals surface area contributed by atoms with Crippen LogP contribution in [-0.4, -0.2) is 28.9 Å². The van der Waals surface area contributed by atoms with E-state index in [9.17, 15) is 14.4 Å². The first-order valence-electron chi connectivity index (χ1n) is 6.20. The van der Waals surface area contributed by atoms with Crippen molar-refractivity contribution in [2.24, 2.45) is 5.73 Å². The second-order valence-corrected chi connectivity index (χ2v) is 4.74. The first kappa shape index (κ1) is 15.7. The highest BCUT2D eigenvalue weighted by atomic mass is 16.4. The van der Waals surface area contributed by atoms with Crippen LogP contribution < -0.4 is 11.1 Å². The van der Waals surface area contributed by atoms with Crippen LogP contribution in [0.15, 0.2) is 18.2 Å². The molecule has 0 fully saturated rings. The van der Waals surface area contributed by atoms with E-state index in [0.717, 1.165) is 11.1 Å². The lowest BCUT2D eigenvalue weighted by atomic mass is 10.1. The largest absolute Gasteiger partial charge is 0.481 e. The minimum atomic E-state index is -1.04. The summed E-state index contributed by atoms with van der Waals surface area (Å²) in [6, 6.07) is 4.32. The Balaban J connectivity index is 2.79. The van der Waals surface area contributed by atoms with Gasteiger partial charge in [0.25, 0.3) is 5.91 Å². The summed E-state index contributed by atoms with van der Waals surface area (Å²) in [6.45, 7) is 3.72. The maximum Gasteiger partial charge on any atom is 0.303 e. The van der Waals surface area contributed by atoms with Crippen LogP contribution in [0.3, 0.4) is 0 Å². The first-order chi connectivity index (χ1) is 9.29. The van der Waals surface area contributed by atoms with Gasteiger partial charge < -0.3 is 16.2 Å². The first-order valence-corrected chi connectivity index (χ1v) is 6.20. The summed E-state index contributed by atoms with van der Waals surface area (Å²) in [5.41, 5.74) is 7.44. The summed E-state index contributed by atoms with van der Waals surface area (Å²) >= 11 is 0. The van der Waals surface area contributed by atoms with Crippen molar-refractivity contribution in [2.75, 3.05) is 0 Å². The van der Waals surface area contributed by atoms with Crippen molar-refractivity contribution in [3.8, 4) is 0 Å². The van der Waals surface area contributed by atoms with Gasteiger partial charge in [0.05, 0.1) is 0 Å². The summed E-state index contributed by atoms with van der Waals surface area (Å²) < 4.78 is 0. The van der Waals surface area contributed by atoms with E-state index in [4.69, 9.17) is 10.8 Å².